The van der Waals surface area contributed by atoms with Crippen molar-refractivity contribution in [1.82, 2.24) is 19.8 Å². The molecule has 3 atom stereocenters. The molecule has 2 aromatic heterocycles. The number of fused-ring (bicyclic) bond motifs is 1. The number of H-pyrrole nitrogens is 1. The second kappa shape index (κ2) is 26.1. The number of carbonyl (C=O) groups is 4. The SMILES string of the molecule is CCN(c1cc(-c2ccc(OCCOCCOc3cc(-c4scnc4C)ccc3CCC(=O)C3C[C@@H](O)CN3C(=O)[C@H](C(C)C)N3Cc4ccccc4C3=O)cc2)cc(C(=O)CCc2c(C)cc(C)[nH]c2=O)c1C)C1CCOCC1. The average Bonchev–Trinajstić information content (AvgIpc) is 4.17. The minimum absolute atomic E-state index is 0.00406. The third-order valence-corrected chi connectivity index (χ3v) is 16.9. The number of nitrogens with one attached hydrogen (secondary N) is 1. The number of β-amino-alcohol motifs (C(OH)–C–C–N with tert-alkyl or cyclic N) is 1. The molecule has 2 fully saturated rings. The number of anilines is 1. The predicted molar refractivity (Wildman–Crippen MR) is 311 cm³/mol. The summed E-state index contributed by atoms with van der Waals surface area (Å²) < 4.78 is 24.2. The number of amides is 2. The fraction of sp³-hybridized carbons (Fsp3) is 0.438. The highest BCUT2D eigenvalue weighted by Gasteiger charge is 2.45. The zero-order chi connectivity index (χ0) is 56.6. The molecule has 80 heavy (non-hydrogen) atoms. The van der Waals surface area contributed by atoms with Gasteiger partial charge < -0.3 is 43.7 Å². The van der Waals surface area contributed by atoms with Crippen molar-refractivity contribution >= 4 is 40.4 Å². The number of likely N-dealkylation sites (tertiary alicyclic amines) is 1. The van der Waals surface area contributed by atoms with Crippen LogP contribution in [0.2, 0.25) is 0 Å². The summed E-state index contributed by atoms with van der Waals surface area (Å²) in [6.07, 6.45) is 2.13. The van der Waals surface area contributed by atoms with Crippen LogP contribution >= 0.6 is 11.3 Å². The van der Waals surface area contributed by atoms with Crippen molar-refractivity contribution in [3.63, 3.8) is 0 Å². The van der Waals surface area contributed by atoms with Gasteiger partial charge in [-0.25, -0.2) is 4.98 Å². The number of aromatic nitrogens is 2. The van der Waals surface area contributed by atoms with E-state index in [1.54, 1.807) is 11.0 Å². The zero-order valence-corrected chi connectivity index (χ0v) is 48.0. The van der Waals surface area contributed by atoms with Gasteiger partial charge in [-0.05, 0) is 148 Å². The van der Waals surface area contributed by atoms with Crippen LogP contribution in [0.3, 0.4) is 0 Å². The van der Waals surface area contributed by atoms with E-state index in [0.29, 0.717) is 80.0 Å². The predicted octanol–water partition coefficient (Wildman–Crippen LogP) is 9.84. The van der Waals surface area contributed by atoms with Crippen LogP contribution in [-0.4, -0.2) is 125 Å². The average molecular weight is 1110 g/mol. The molecule has 0 spiro atoms. The molecule has 0 radical (unpaired) electrons. The Morgan fingerprint density at radius 2 is 1.60 bits per heavy atom. The summed E-state index contributed by atoms with van der Waals surface area (Å²) >= 11 is 1.54. The molecule has 15 nitrogen and oxygen atoms in total. The number of pyridine rings is 1. The first-order valence-corrected chi connectivity index (χ1v) is 29.1. The second-order valence-corrected chi connectivity index (χ2v) is 22.6. The van der Waals surface area contributed by atoms with Crippen molar-refractivity contribution in [3.8, 4) is 33.1 Å². The molecule has 2 N–H and O–H groups in total. The highest BCUT2D eigenvalue weighted by atomic mass is 32.1. The summed E-state index contributed by atoms with van der Waals surface area (Å²) in [5.41, 5.74) is 12.6. The molecule has 0 bridgehead atoms. The van der Waals surface area contributed by atoms with Gasteiger partial charge >= 0.3 is 0 Å². The van der Waals surface area contributed by atoms with E-state index in [1.165, 1.54) is 16.2 Å². The Balaban J connectivity index is 0.810. The van der Waals surface area contributed by atoms with Gasteiger partial charge in [0.15, 0.2) is 11.6 Å². The van der Waals surface area contributed by atoms with E-state index in [4.69, 9.17) is 18.9 Å². The fourth-order valence-electron chi connectivity index (χ4n) is 11.8. The number of hydrogen-bond donors (Lipinski definition) is 2. The lowest BCUT2D eigenvalue weighted by atomic mass is 9.92. The third-order valence-electron chi connectivity index (χ3n) is 15.9. The van der Waals surface area contributed by atoms with Crippen molar-refractivity contribution in [2.75, 3.05) is 57.6 Å². The van der Waals surface area contributed by atoms with Crippen LogP contribution in [0.15, 0.2) is 95.2 Å². The van der Waals surface area contributed by atoms with Gasteiger partial charge in [-0.1, -0.05) is 56.3 Å². The van der Waals surface area contributed by atoms with Crippen LogP contribution in [-0.2, 0) is 38.4 Å². The Morgan fingerprint density at radius 3 is 2.30 bits per heavy atom. The van der Waals surface area contributed by atoms with E-state index >= 15 is 0 Å². The smallest absolute Gasteiger partial charge is 0.255 e. The molecule has 4 aromatic carbocycles. The quantitative estimate of drug-likeness (QED) is 0.0433. The number of thiazole rings is 1. The molecule has 2 amide bonds. The number of hydrogen-bond acceptors (Lipinski definition) is 13. The van der Waals surface area contributed by atoms with Gasteiger partial charge in [0.2, 0.25) is 5.91 Å². The van der Waals surface area contributed by atoms with Crippen LogP contribution in [0.1, 0.15) is 113 Å². The van der Waals surface area contributed by atoms with E-state index in [2.05, 4.69) is 27.9 Å². The van der Waals surface area contributed by atoms with Crippen LogP contribution in [0.25, 0.3) is 21.6 Å². The summed E-state index contributed by atoms with van der Waals surface area (Å²) in [4.78, 5) is 82.9. The Kier molecular flexibility index (Phi) is 18.8. The first kappa shape index (κ1) is 57.7. The molecule has 2 saturated heterocycles. The lowest BCUT2D eigenvalue weighted by Gasteiger charge is -2.37. The molecule has 3 aliphatic heterocycles. The molecular weight excluding hydrogens is 1030 g/mol. The lowest BCUT2D eigenvalue weighted by Crippen LogP contribution is -2.54. The van der Waals surface area contributed by atoms with Gasteiger partial charge in [0.1, 0.15) is 30.8 Å². The Labute approximate surface area is 473 Å². The molecule has 16 heteroatoms. The number of rotatable bonds is 24. The van der Waals surface area contributed by atoms with E-state index in [0.717, 1.165) is 80.3 Å². The minimum atomic E-state index is -0.855. The van der Waals surface area contributed by atoms with E-state index < -0.39 is 18.2 Å². The van der Waals surface area contributed by atoms with Gasteiger partial charge in [-0.15, -0.1) is 11.3 Å². The number of aliphatic hydroxyl groups excluding tert-OH is 1. The van der Waals surface area contributed by atoms with Gasteiger partial charge in [0.25, 0.3) is 11.5 Å². The van der Waals surface area contributed by atoms with E-state index in [1.807, 2.05) is 120 Å². The summed E-state index contributed by atoms with van der Waals surface area (Å²) in [5.74, 6) is 0.386. The zero-order valence-electron chi connectivity index (χ0n) is 47.2. The van der Waals surface area contributed by atoms with Gasteiger partial charge in [0, 0.05) is 86.2 Å². The first-order valence-electron chi connectivity index (χ1n) is 28.2. The van der Waals surface area contributed by atoms with Crippen molar-refractivity contribution in [3.05, 3.63) is 151 Å². The molecular formula is C64H75N5O10S. The number of aryl methyl sites for hydroxylation is 4. The molecule has 0 aliphatic carbocycles. The van der Waals surface area contributed by atoms with Gasteiger partial charge in [0.05, 0.1) is 41.4 Å². The second-order valence-electron chi connectivity index (χ2n) is 21.7. The Bertz CT molecular complexity index is 3250. The number of ether oxygens (including phenoxy) is 4. The van der Waals surface area contributed by atoms with Crippen molar-refractivity contribution < 1.29 is 43.2 Å². The largest absolute Gasteiger partial charge is 0.491 e. The summed E-state index contributed by atoms with van der Waals surface area (Å²) in [7, 11) is 0. The topological polar surface area (TPSA) is 181 Å². The normalized spacial score (nSPS) is 16.8. The van der Waals surface area contributed by atoms with E-state index in [-0.39, 0.29) is 73.9 Å². The monoisotopic (exact) mass is 1110 g/mol. The van der Waals surface area contributed by atoms with Crippen LogP contribution < -0.4 is 19.9 Å². The standard InChI is InChI=1S/C64H75N5O10S/c1-8-67(49-23-25-76-26-24-49)55-33-48(32-54(42(55)6)57(71)22-20-52-40(4)31-41(5)66-62(52)73)44-15-18-51(19-16-44)78-29-27-77-28-30-79-59-34-46(61-43(7)65-38-80-61)14-13-45(59)17-21-58(72)56-35-50(70)37-68(56)64(75)60(39(2)3)69-36-47-11-9-10-12-53(47)63(69)74/h9-16,18-19,31-34,38-39,49-50,56,60,70H,8,17,20-30,35-37H2,1-7H3,(H,66,73)/t50-,56?,60+/m1/s1. The lowest BCUT2D eigenvalue weighted by molar-refractivity contribution is -0.142. The number of nitrogens with zero attached hydrogens (tertiary/aromatic N) is 4. The minimum Gasteiger partial charge on any atom is -0.491 e. The maximum absolute atomic E-state index is 14.4. The fourth-order valence-corrected chi connectivity index (χ4v) is 12.6. The highest BCUT2D eigenvalue weighted by molar-refractivity contribution is 7.13. The summed E-state index contributed by atoms with van der Waals surface area (Å²) in [6, 6.07) is 26.0. The Morgan fingerprint density at radius 1 is 0.863 bits per heavy atom. The van der Waals surface area contributed by atoms with E-state index in [9.17, 15) is 29.1 Å². The first-order chi connectivity index (χ1) is 38.6. The summed E-state index contributed by atoms with van der Waals surface area (Å²) in [5, 5.41) is 10.9. The Hall–Kier alpha value is -6.98. The number of ketones is 2. The number of benzene rings is 4. The summed E-state index contributed by atoms with van der Waals surface area (Å²) in [6.45, 7) is 17.4. The van der Waals surface area contributed by atoms with Crippen LogP contribution in [0.5, 0.6) is 11.5 Å². The number of aliphatic hydroxyl groups is 1. The van der Waals surface area contributed by atoms with Crippen LogP contribution in [0, 0.1) is 33.6 Å². The maximum atomic E-state index is 14.4. The molecule has 3 aliphatic rings. The molecule has 9 rings (SSSR count). The number of Topliss-reactive ketones (excluding diaryl/α,β-unsaturated/α-hetero) is 2. The molecule has 0 saturated carbocycles. The van der Waals surface area contributed by atoms with Crippen molar-refractivity contribution in [1.29, 1.82) is 0 Å². The van der Waals surface area contributed by atoms with Crippen molar-refractivity contribution in [2.24, 2.45) is 5.92 Å². The van der Waals surface area contributed by atoms with Crippen molar-refractivity contribution in [2.45, 2.75) is 124 Å². The highest BCUT2D eigenvalue weighted by Crippen LogP contribution is 2.37. The third kappa shape index (κ3) is 13.1. The molecule has 1 unspecified atom stereocenters. The maximum Gasteiger partial charge on any atom is 0.255 e. The molecule has 5 heterocycles. The molecule has 422 valence electrons. The molecule has 6 aromatic rings. The van der Waals surface area contributed by atoms with Gasteiger partial charge in [-0.2, -0.15) is 0 Å². The number of carbonyl (C=O) groups excluding carboxylic acids is 4. The van der Waals surface area contributed by atoms with Crippen LogP contribution in [0.4, 0.5) is 5.69 Å². The van der Waals surface area contributed by atoms with Gasteiger partial charge in [-0.3, -0.25) is 24.0 Å². The number of aromatic amines is 1.